The highest BCUT2D eigenvalue weighted by atomic mass is 15.0. The van der Waals surface area contributed by atoms with Gasteiger partial charge in [0.05, 0.1) is 0 Å². The fraction of sp³-hybridized carbons (Fsp3) is 1.00. The Kier molecular flexibility index (Phi) is 4.85. The molecule has 1 rings (SSSR count). The van der Waals surface area contributed by atoms with Crippen LogP contribution < -0.4 is 16.0 Å². The molecule has 1 saturated heterocycles. The molecule has 1 heterocycles. The van der Waals surface area contributed by atoms with Crippen LogP contribution in [-0.4, -0.2) is 39.3 Å². The second kappa shape index (κ2) is 5.69. The Bertz CT molecular complexity index is 157. The van der Waals surface area contributed by atoms with Gasteiger partial charge in [0.1, 0.15) is 0 Å². The van der Waals surface area contributed by atoms with E-state index < -0.39 is 0 Å². The van der Waals surface area contributed by atoms with E-state index in [0.29, 0.717) is 11.5 Å². The maximum Gasteiger partial charge on any atom is 0.0131 e. The molecule has 0 aromatic heterocycles. The summed E-state index contributed by atoms with van der Waals surface area (Å²) in [7, 11) is 1.99. The second-order valence-electron chi connectivity index (χ2n) is 4.89. The highest BCUT2D eigenvalue weighted by Crippen LogP contribution is 2.31. The molecule has 1 aliphatic rings. The zero-order valence-corrected chi connectivity index (χ0v) is 9.82. The van der Waals surface area contributed by atoms with Crippen molar-refractivity contribution in [1.82, 2.24) is 16.0 Å². The molecule has 3 N–H and O–H groups in total. The maximum atomic E-state index is 3.58. The summed E-state index contributed by atoms with van der Waals surface area (Å²) < 4.78 is 0. The molecule has 14 heavy (non-hydrogen) atoms. The number of likely N-dealkylation sites (N-methyl/N-ethyl adjacent to an activating group) is 1. The minimum absolute atomic E-state index is 0.491. The Hall–Kier alpha value is -0.120. The molecule has 0 amide bonds. The van der Waals surface area contributed by atoms with Crippen LogP contribution in [0.25, 0.3) is 0 Å². The normalized spacial score (nSPS) is 25.5. The topological polar surface area (TPSA) is 36.1 Å². The van der Waals surface area contributed by atoms with E-state index in [1.165, 1.54) is 19.4 Å². The molecule has 0 spiro atoms. The Labute approximate surface area is 88.0 Å². The number of hydrogen-bond donors (Lipinski definition) is 3. The average Bonchev–Trinajstić information content (AvgIpc) is 2.45. The fourth-order valence-corrected chi connectivity index (χ4v) is 2.10. The zero-order chi connectivity index (χ0) is 10.4. The summed E-state index contributed by atoms with van der Waals surface area (Å²) in [6.45, 7) is 9.18. The lowest BCUT2D eigenvalue weighted by Crippen LogP contribution is -2.36. The van der Waals surface area contributed by atoms with Crippen molar-refractivity contribution in [3.8, 4) is 0 Å². The summed E-state index contributed by atoms with van der Waals surface area (Å²) in [4.78, 5) is 0. The lowest BCUT2D eigenvalue weighted by molar-refractivity contribution is 0.297. The quantitative estimate of drug-likeness (QED) is 0.548. The number of nitrogens with one attached hydrogen (secondary N) is 3. The molecule has 0 aromatic rings. The van der Waals surface area contributed by atoms with Crippen LogP contribution in [0.15, 0.2) is 0 Å². The summed E-state index contributed by atoms with van der Waals surface area (Å²) in [6.07, 6.45) is 2.56. The van der Waals surface area contributed by atoms with Gasteiger partial charge >= 0.3 is 0 Å². The average molecular weight is 199 g/mol. The smallest absolute Gasteiger partial charge is 0.0131 e. The standard InChI is InChI=1S/C11H25N3/c1-11(2)5-7-14-10(11)4-6-13-9-8-12-3/h10,12-14H,4-9H2,1-3H3. The third-order valence-electron chi connectivity index (χ3n) is 3.26. The van der Waals surface area contributed by atoms with E-state index in [1.807, 2.05) is 7.05 Å². The first-order chi connectivity index (χ1) is 6.67. The fourth-order valence-electron chi connectivity index (χ4n) is 2.10. The monoisotopic (exact) mass is 199 g/mol. The van der Waals surface area contributed by atoms with Crippen LogP contribution in [0.5, 0.6) is 0 Å². The zero-order valence-electron chi connectivity index (χ0n) is 9.82. The summed E-state index contributed by atoms with van der Waals surface area (Å²) in [5.41, 5.74) is 0.491. The molecule has 0 radical (unpaired) electrons. The predicted molar refractivity (Wildman–Crippen MR) is 61.6 cm³/mol. The number of rotatable bonds is 6. The van der Waals surface area contributed by atoms with E-state index in [1.54, 1.807) is 0 Å². The van der Waals surface area contributed by atoms with Gasteiger partial charge in [-0.1, -0.05) is 13.8 Å². The summed E-state index contributed by atoms with van der Waals surface area (Å²) in [6, 6.07) is 0.699. The Morgan fingerprint density at radius 1 is 1.29 bits per heavy atom. The van der Waals surface area contributed by atoms with Gasteiger partial charge in [0.25, 0.3) is 0 Å². The van der Waals surface area contributed by atoms with Crippen molar-refractivity contribution >= 4 is 0 Å². The molecule has 1 aliphatic heterocycles. The molecular formula is C11H25N3. The lowest BCUT2D eigenvalue weighted by atomic mass is 9.83. The molecule has 0 saturated carbocycles. The predicted octanol–water partition coefficient (Wildman–Crippen LogP) is 0.574. The highest BCUT2D eigenvalue weighted by Gasteiger charge is 2.33. The van der Waals surface area contributed by atoms with Crippen LogP contribution in [0.1, 0.15) is 26.7 Å². The molecule has 1 unspecified atom stereocenters. The number of hydrogen-bond acceptors (Lipinski definition) is 3. The van der Waals surface area contributed by atoms with Crippen molar-refractivity contribution in [1.29, 1.82) is 0 Å². The summed E-state index contributed by atoms with van der Waals surface area (Å²) in [5.74, 6) is 0. The largest absolute Gasteiger partial charge is 0.318 e. The molecule has 0 aliphatic carbocycles. The van der Waals surface area contributed by atoms with Gasteiger partial charge in [0.15, 0.2) is 0 Å². The minimum Gasteiger partial charge on any atom is -0.318 e. The Morgan fingerprint density at radius 2 is 2.07 bits per heavy atom. The van der Waals surface area contributed by atoms with E-state index in [-0.39, 0.29) is 0 Å². The molecule has 0 bridgehead atoms. The van der Waals surface area contributed by atoms with Gasteiger partial charge in [-0.15, -0.1) is 0 Å². The van der Waals surface area contributed by atoms with Crippen molar-refractivity contribution in [2.24, 2.45) is 5.41 Å². The molecule has 1 fully saturated rings. The van der Waals surface area contributed by atoms with Crippen LogP contribution in [0, 0.1) is 5.41 Å². The van der Waals surface area contributed by atoms with Gasteiger partial charge in [-0.05, 0) is 38.4 Å². The minimum atomic E-state index is 0.491. The van der Waals surface area contributed by atoms with Gasteiger partial charge in [0, 0.05) is 19.1 Å². The third-order valence-corrected chi connectivity index (χ3v) is 3.26. The van der Waals surface area contributed by atoms with Gasteiger partial charge in [-0.25, -0.2) is 0 Å². The van der Waals surface area contributed by atoms with Gasteiger partial charge in [-0.2, -0.15) is 0 Å². The second-order valence-corrected chi connectivity index (χ2v) is 4.89. The van der Waals surface area contributed by atoms with Crippen LogP contribution in [0.2, 0.25) is 0 Å². The van der Waals surface area contributed by atoms with Crippen LogP contribution in [0.3, 0.4) is 0 Å². The molecule has 3 nitrogen and oxygen atoms in total. The maximum absolute atomic E-state index is 3.58. The van der Waals surface area contributed by atoms with E-state index >= 15 is 0 Å². The van der Waals surface area contributed by atoms with E-state index in [2.05, 4.69) is 29.8 Å². The van der Waals surface area contributed by atoms with E-state index in [4.69, 9.17) is 0 Å². The first-order valence-corrected chi connectivity index (χ1v) is 5.75. The van der Waals surface area contributed by atoms with Crippen LogP contribution >= 0.6 is 0 Å². The van der Waals surface area contributed by atoms with Gasteiger partial charge < -0.3 is 16.0 Å². The molecule has 0 aromatic carbocycles. The first kappa shape index (κ1) is 12.0. The summed E-state index contributed by atoms with van der Waals surface area (Å²) in [5, 5.41) is 10.2. The lowest BCUT2D eigenvalue weighted by Gasteiger charge is -2.26. The first-order valence-electron chi connectivity index (χ1n) is 5.75. The highest BCUT2D eigenvalue weighted by molar-refractivity contribution is 4.90. The Balaban J connectivity index is 2.06. The Morgan fingerprint density at radius 3 is 2.64 bits per heavy atom. The summed E-state index contributed by atoms with van der Waals surface area (Å²) >= 11 is 0. The molecule has 1 atom stereocenters. The van der Waals surface area contributed by atoms with E-state index in [0.717, 1.165) is 19.6 Å². The van der Waals surface area contributed by atoms with Crippen molar-refractivity contribution in [3.63, 3.8) is 0 Å². The molecule has 84 valence electrons. The molecular weight excluding hydrogens is 174 g/mol. The van der Waals surface area contributed by atoms with Crippen molar-refractivity contribution in [2.75, 3.05) is 33.2 Å². The van der Waals surface area contributed by atoms with Crippen molar-refractivity contribution < 1.29 is 0 Å². The van der Waals surface area contributed by atoms with Crippen molar-refractivity contribution in [3.05, 3.63) is 0 Å². The molecule has 3 heteroatoms. The van der Waals surface area contributed by atoms with Crippen LogP contribution in [0.4, 0.5) is 0 Å². The van der Waals surface area contributed by atoms with Gasteiger partial charge in [-0.3, -0.25) is 0 Å². The van der Waals surface area contributed by atoms with E-state index in [9.17, 15) is 0 Å². The van der Waals surface area contributed by atoms with Crippen LogP contribution in [-0.2, 0) is 0 Å². The van der Waals surface area contributed by atoms with Gasteiger partial charge in [0.2, 0.25) is 0 Å². The third kappa shape index (κ3) is 3.56. The SMILES string of the molecule is CNCCNCCC1NCCC1(C)C. The van der Waals surface area contributed by atoms with Crippen molar-refractivity contribution in [2.45, 2.75) is 32.7 Å².